The van der Waals surface area contributed by atoms with E-state index in [9.17, 15) is 13.2 Å². The maximum atomic E-state index is 12.6. The summed E-state index contributed by atoms with van der Waals surface area (Å²) in [5, 5.41) is 9.16. The van der Waals surface area contributed by atoms with Gasteiger partial charge in [-0.1, -0.05) is 45.0 Å². The van der Waals surface area contributed by atoms with E-state index in [1.165, 1.54) is 18.2 Å². The van der Waals surface area contributed by atoms with Gasteiger partial charge in [-0.25, -0.2) is 0 Å². The quantitative estimate of drug-likeness (QED) is 0.633. The number of rotatable bonds is 2. The van der Waals surface area contributed by atoms with Gasteiger partial charge in [0.2, 0.25) is 5.39 Å². The number of halogens is 3. The highest BCUT2D eigenvalue weighted by Crippen LogP contribution is 2.40. The van der Waals surface area contributed by atoms with Crippen LogP contribution < -0.4 is 4.74 Å². The molecule has 0 aliphatic carbocycles. The standard InChI is InChI=1S/C17H16F3N2O/c1-16(2,3)11-8-9-14(22-21)13(10-11)12-6-4-5-7-15(12)23-17(18,19)20/h4-10H,1-3H3/q+1. The van der Waals surface area contributed by atoms with Crippen LogP contribution in [-0.2, 0) is 5.41 Å². The summed E-state index contributed by atoms with van der Waals surface area (Å²) in [7, 11) is 0. The van der Waals surface area contributed by atoms with Crippen molar-refractivity contribution in [3.63, 3.8) is 0 Å². The molecule has 0 N–H and O–H groups in total. The lowest BCUT2D eigenvalue weighted by Gasteiger charge is -2.19. The summed E-state index contributed by atoms with van der Waals surface area (Å²) >= 11 is 0. The number of hydrogen-bond donors (Lipinski definition) is 0. The lowest BCUT2D eigenvalue weighted by molar-refractivity contribution is -0.274. The Morgan fingerprint density at radius 2 is 1.61 bits per heavy atom. The Hall–Kier alpha value is -2.55. The van der Waals surface area contributed by atoms with E-state index in [1.807, 2.05) is 20.8 Å². The van der Waals surface area contributed by atoms with Crippen molar-refractivity contribution >= 4 is 5.69 Å². The topological polar surface area (TPSA) is 37.4 Å². The lowest BCUT2D eigenvalue weighted by atomic mass is 9.85. The van der Waals surface area contributed by atoms with Crippen LogP contribution in [0.2, 0.25) is 0 Å². The van der Waals surface area contributed by atoms with Gasteiger partial charge in [-0.2, -0.15) is 0 Å². The largest absolute Gasteiger partial charge is 0.573 e. The Balaban J connectivity index is 2.65. The molecule has 0 saturated carbocycles. The van der Waals surface area contributed by atoms with E-state index < -0.39 is 6.36 Å². The van der Waals surface area contributed by atoms with Crippen molar-refractivity contribution in [3.8, 4) is 16.9 Å². The second-order valence-electron chi connectivity index (χ2n) is 6.13. The van der Waals surface area contributed by atoms with Gasteiger partial charge in [-0.05, 0) is 23.1 Å². The SMILES string of the molecule is CC(C)(C)c1ccc([N+]#N)c(-c2ccccc2OC(F)(F)F)c1. The predicted molar refractivity (Wildman–Crippen MR) is 82.0 cm³/mol. The van der Waals surface area contributed by atoms with Crippen molar-refractivity contribution in [2.24, 2.45) is 0 Å². The maximum Gasteiger partial charge on any atom is 0.573 e. The van der Waals surface area contributed by atoms with Crippen LogP contribution >= 0.6 is 0 Å². The molecule has 120 valence electrons. The second kappa shape index (κ2) is 5.92. The van der Waals surface area contributed by atoms with E-state index in [0.717, 1.165) is 5.56 Å². The van der Waals surface area contributed by atoms with Crippen molar-refractivity contribution in [2.75, 3.05) is 0 Å². The first-order valence-electron chi connectivity index (χ1n) is 6.96. The summed E-state index contributed by atoms with van der Waals surface area (Å²) in [4.78, 5) is 3.17. The fourth-order valence-electron chi connectivity index (χ4n) is 2.21. The van der Waals surface area contributed by atoms with Gasteiger partial charge in [0.1, 0.15) is 5.75 Å². The fourth-order valence-corrected chi connectivity index (χ4v) is 2.21. The van der Waals surface area contributed by atoms with Gasteiger partial charge in [0, 0.05) is 11.6 Å². The minimum Gasteiger partial charge on any atom is -0.405 e. The number of ether oxygens (including phenoxy) is 1. The number of para-hydroxylation sites is 1. The van der Waals surface area contributed by atoms with E-state index in [0.29, 0.717) is 5.56 Å². The zero-order valence-corrected chi connectivity index (χ0v) is 13.0. The van der Waals surface area contributed by atoms with Gasteiger partial charge < -0.3 is 4.74 Å². The molecule has 0 aliphatic heterocycles. The second-order valence-corrected chi connectivity index (χ2v) is 6.13. The van der Waals surface area contributed by atoms with E-state index in [4.69, 9.17) is 5.39 Å². The van der Waals surface area contributed by atoms with E-state index in [-0.39, 0.29) is 22.4 Å². The van der Waals surface area contributed by atoms with E-state index in [1.54, 1.807) is 24.3 Å². The average molecular weight is 321 g/mol. The summed E-state index contributed by atoms with van der Waals surface area (Å²) in [5.74, 6) is -0.337. The molecular formula is C17H16F3N2O+. The van der Waals surface area contributed by atoms with Crippen LogP contribution in [0.1, 0.15) is 26.3 Å². The van der Waals surface area contributed by atoms with Crippen molar-refractivity contribution in [2.45, 2.75) is 32.5 Å². The molecule has 2 rings (SSSR count). The Labute approximate surface area is 132 Å². The lowest BCUT2D eigenvalue weighted by Crippen LogP contribution is -2.17. The fraction of sp³-hybridized carbons (Fsp3) is 0.294. The molecule has 2 aromatic rings. The number of diazo groups is 1. The molecule has 0 spiro atoms. The Morgan fingerprint density at radius 1 is 0.957 bits per heavy atom. The third-order valence-electron chi connectivity index (χ3n) is 3.37. The molecule has 0 radical (unpaired) electrons. The molecule has 0 fully saturated rings. The molecule has 0 aliphatic rings. The van der Waals surface area contributed by atoms with Gasteiger partial charge in [0.25, 0.3) is 0 Å². The van der Waals surface area contributed by atoms with Gasteiger partial charge in [-0.3, -0.25) is 0 Å². The molecule has 0 unspecified atom stereocenters. The molecule has 23 heavy (non-hydrogen) atoms. The average Bonchev–Trinajstić information content (AvgIpc) is 2.44. The molecular weight excluding hydrogens is 305 g/mol. The highest BCUT2D eigenvalue weighted by molar-refractivity contribution is 5.82. The molecule has 2 aromatic carbocycles. The molecule has 0 saturated heterocycles. The highest BCUT2D eigenvalue weighted by Gasteiger charge is 2.33. The molecule has 0 amide bonds. The summed E-state index contributed by atoms with van der Waals surface area (Å²) < 4.78 is 41.9. The number of hydrogen-bond acceptors (Lipinski definition) is 2. The molecule has 0 bridgehead atoms. The molecule has 3 nitrogen and oxygen atoms in total. The van der Waals surface area contributed by atoms with E-state index >= 15 is 0 Å². The van der Waals surface area contributed by atoms with Crippen LogP contribution in [0.25, 0.3) is 16.1 Å². The zero-order valence-electron chi connectivity index (χ0n) is 13.0. The van der Waals surface area contributed by atoms with Crippen molar-refractivity contribution < 1.29 is 17.9 Å². The number of alkyl halides is 3. The Morgan fingerprint density at radius 3 is 2.17 bits per heavy atom. The van der Waals surface area contributed by atoms with Crippen molar-refractivity contribution in [1.82, 2.24) is 0 Å². The Bertz CT molecular complexity index is 756. The van der Waals surface area contributed by atoms with Gasteiger partial charge >= 0.3 is 12.0 Å². The number of nitrogens with zero attached hydrogens (tertiary/aromatic N) is 2. The smallest absolute Gasteiger partial charge is 0.405 e. The van der Waals surface area contributed by atoms with Crippen molar-refractivity contribution in [3.05, 3.63) is 53.0 Å². The third kappa shape index (κ3) is 4.01. The summed E-state index contributed by atoms with van der Waals surface area (Å²) in [6.07, 6.45) is -4.80. The molecule has 0 aromatic heterocycles. The molecule has 6 heteroatoms. The summed E-state index contributed by atoms with van der Waals surface area (Å²) in [6.45, 7) is 5.96. The van der Waals surface area contributed by atoms with Crippen LogP contribution in [0.3, 0.4) is 0 Å². The van der Waals surface area contributed by atoms with Crippen LogP contribution in [0.5, 0.6) is 5.75 Å². The highest BCUT2D eigenvalue weighted by atomic mass is 19.4. The number of benzene rings is 2. The molecule has 0 heterocycles. The normalized spacial score (nSPS) is 11.9. The van der Waals surface area contributed by atoms with Crippen molar-refractivity contribution in [1.29, 1.82) is 5.39 Å². The third-order valence-corrected chi connectivity index (χ3v) is 3.37. The van der Waals surface area contributed by atoms with Crippen LogP contribution in [0.4, 0.5) is 18.9 Å². The van der Waals surface area contributed by atoms with Gasteiger partial charge in [0.15, 0.2) is 4.98 Å². The van der Waals surface area contributed by atoms with Crippen LogP contribution in [0.15, 0.2) is 42.5 Å². The predicted octanol–water partition coefficient (Wildman–Crippen LogP) is 6.03. The van der Waals surface area contributed by atoms with Crippen LogP contribution in [0, 0.1) is 5.39 Å². The van der Waals surface area contributed by atoms with Gasteiger partial charge in [0.05, 0.1) is 5.56 Å². The van der Waals surface area contributed by atoms with E-state index in [2.05, 4.69) is 9.71 Å². The molecule has 0 atom stereocenters. The first-order chi connectivity index (χ1) is 10.6. The Kier molecular flexibility index (Phi) is 4.33. The minimum absolute atomic E-state index is 0.177. The summed E-state index contributed by atoms with van der Waals surface area (Å²) in [6, 6.07) is 10.8. The summed E-state index contributed by atoms with van der Waals surface area (Å²) in [5.41, 5.74) is 1.46. The first kappa shape index (κ1) is 16.8. The monoisotopic (exact) mass is 321 g/mol. The first-order valence-corrected chi connectivity index (χ1v) is 6.96. The zero-order chi connectivity index (χ0) is 17.3. The minimum atomic E-state index is -4.80. The van der Waals surface area contributed by atoms with Crippen LogP contribution in [-0.4, -0.2) is 6.36 Å². The maximum absolute atomic E-state index is 12.6. The van der Waals surface area contributed by atoms with Gasteiger partial charge in [-0.15, -0.1) is 13.2 Å².